The molecule has 0 saturated heterocycles. The number of hydrogen-bond donors (Lipinski definition) is 0. The van der Waals surface area contributed by atoms with Crippen molar-refractivity contribution in [1.29, 1.82) is 0 Å². The van der Waals surface area contributed by atoms with Gasteiger partial charge in [0.25, 0.3) is 5.91 Å². The van der Waals surface area contributed by atoms with Gasteiger partial charge in [-0.2, -0.15) is 5.10 Å². The van der Waals surface area contributed by atoms with Gasteiger partial charge in [-0.1, -0.05) is 18.2 Å². The summed E-state index contributed by atoms with van der Waals surface area (Å²) in [4.78, 5) is 24.8. The second kappa shape index (κ2) is 8.97. The molecule has 0 radical (unpaired) electrons. The molecule has 0 aliphatic carbocycles. The van der Waals surface area contributed by atoms with Crippen LogP contribution in [0.15, 0.2) is 66.9 Å². The molecule has 1 amide bonds. The van der Waals surface area contributed by atoms with E-state index in [0.29, 0.717) is 16.8 Å². The van der Waals surface area contributed by atoms with Crippen molar-refractivity contribution in [2.75, 3.05) is 20.7 Å². The first kappa shape index (κ1) is 20.0. The average molecular weight is 393 g/mol. The average Bonchev–Trinajstić information content (AvgIpc) is 3.16. The van der Waals surface area contributed by atoms with Gasteiger partial charge < -0.3 is 9.64 Å². The Hall–Kier alpha value is -3.74. The normalized spacial score (nSPS) is 10.9. The van der Waals surface area contributed by atoms with Crippen LogP contribution < -0.4 is 0 Å². The third kappa shape index (κ3) is 5.16. The molecule has 0 N–H and O–H groups in total. The smallest absolute Gasteiger partial charge is 0.331 e. The number of benzene rings is 2. The van der Waals surface area contributed by atoms with Crippen LogP contribution in [0, 0.1) is 5.82 Å². The highest BCUT2D eigenvalue weighted by Crippen LogP contribution is 2.25. The molecule has 0 atom stereocenters. The van der Waals surface area contributed by atoms with Gasteiger partial charge in [0, 0.05) is 37.5 Å². The number of rotatable bonds is 6. The van der Waals surface area contributed by atoms with Crippen LogP contribution in [0.2, 0.25) is 0 Å². The van der Waals surface area contributed by atoms with Crippen LogP contribution in [-0.4, -0.2) is 47.3 Å². The molecule has 0 unspecified atom stereocenters. The maximum absolute atomic E-state index is 13.3. The van der Waals surface area contributed by atoms with Crippen LogP contribution in [0.25, 0.3) is 23.0 Å². The predicted octanol–water partition coefficient (Wildman–Crippen LogP) is 3.32. The molecule has 29 heavy (non-hydrogen) atoms. The van der Waals surface area contributed by atoms with Crippen LogP contribution >= 0.6 is 0 Å². The predicted molar refractivity (Wildman–Crippen MR) is 108 cm³/mol. The molecule has 6 nitrogen and oxygen atoms in total. The first-order valence-corrected chi connectivity index (χ1v) is 8.90. The molecule has 2 aromatic carbocycles. The number of likely N-dealkylation sites (N-methyl/N-ethyl adjacent to an activating group) is 1. The molecule has 148 valence electrons. The van der Waals surface area contributed by atoms with E-state index in [1.54, 1.807) is 43.2 Å². The van der Waals surface area contributed by atoms with Gasteiger partial charge in [-0.25, -0.2) is 13.9 Å². The molecule has 0 fully saturated rings. The van der Waals surface area contributed by atoms with Crippen molar-refractivity contribution in [2.45, 2.75) is 0 Å². The Bertz CT molecular complexity index is 1030. The summed E-state index contributed by atoms with van der Waals surface area (Å²) in [5.41, 5.74) is 2.78. The largest absolute Gasteiger partial charge is 0.452 e. The fourth-order valence-corrected chi connectivity index (χ4v) is 2.52. The lowest BCUT2D eigenvalue weighted by Crippen LogP contribution is -2.27. The minimum absolute atomic E-state index is 0.310. The fourth-order valence-electron chi connectivity index (χ4n) is 2.52. The summed E-state index contributed by atoms with van der Waals surface area (Å²) in [6.07, 6.45) is 4.57. The molecule has 0 bridgehead atoms. The minimum atomic E-state index is -0.641. The molecular weight excluding hydrogens is 373 g/mol. The van der Waals surface area contributed by atoms with Gasteiger partial charge in [-0.15, -0.1) is 0 Å². The molecule has 1 heterocycles. The number of para-hydroxylation sites is 1. The number of esters is 1. The first-order valence-electron chi connectivity index (χ1n) is 8.90. The molecule has 0 spiro atoms. The van der Waals surface area contributed by atoms with Crippen molar-refractivity contribution in [1.82, 2.24) is 14.7 Å². The number of halogens is 1. The Morgan fingerprint density at radius 1 is 1.10 bits per heavy atom. The summed E-state index contributed by atoms with van der Waals surface area (Å²) in [5.74, 6) is -1.30. The molecule has 0 aliphatic rings. The Morgan fingerprint density at radius 2 is 1.79 bits per heavy atom. The van der Waals surface area contributed by atoms with E-state index in [0.717, 1.165) is 5.69 Å². The number of ether oxygens (including phenoxy) is 1. The number of nitrogens with zero attached hydrogens (tertiary/aromatic N) is 3. The molecule has 3 aromatic rings. The van der Waals surface area contributed by atoms with Gasteiger partial charge in [0.05, 0.1) is 11.4 Å². The zero-order chi connectivity index (χ0) is 20.8. The summed E-state index contributed by atoms with van der Waals surface area (Å²) < 4.78 is 19.9. The molecule has 1 aromatic heterocycles. The summed E-state index contributed by atoms with van der Waals surface area (Å²) >= 11 is 0. The number of carbonyl (C=O) groups is 2. The molecule has 3 rings (SSSR count). The van der Waals surface area contributed by atoms with E-state index in [1.165, 1.54) is 23.1 Å². The van der Waals surface area contributed by atoms with E-state index < -0.39 is 5.97 Å². The highest BCUT2D eigenvalue weighted by atomic mass is 19.1. The maximum Gasteiger partial charge on any atom is 0.331 e. The fraction of sp³-hybridized carbons (Fsp3) is 0.136. The summed E-state index contributed by atoms with van der Waals surface area (Å²) in [6, 6.07) is 15.4. The Morgan fingerprint density at radius 3 is 2.45 bits per heavy atom. The minimum Gasteiger partial charge on any atom is -0.452 e. The second-order valence-electron chi connectivity index (χ2n) is 6.45. The van der Waals surface area contributed by atoms with Crippen molar-refractivity contribution in [3.8, 4) is 16.9 Å². The van der Waals surface area contributed by atoms with Crippen LogP contribution in [0.3, 0.4) is 0 Å². The molecule has 7 heteroatoms. The zero-order valence-corrected chi connectivity index (χ0v) is 16.1. The van der Waals surface area contributed by atoms with Crippen molar-refractivity contribution in [3.63, 3.8) is 0 Å². The van der Waals surface area contributed by atoms with Gasteiger partial charge in [-0.3, -0.25) is 4.79 Å². The van der Waals surface area contributed by atoms with Gasteiger partial charge >= 0.3 is 5.97 Å². The van der Waals surface area contributed by atoms with E-state index in [1.807, 2.05) is 30.3 Å². The van der Waals surface area contributed by atoms with E-state index in [2.05, 4.69) is 5.10 Å². The lowest BCUT2D eigenvalue weighted by molar-refractivity contribution is -0.146. The van der Waals surface area contributed by atoms with Crippen LogP contribution in [-0.2, 0) is 14.3 Å². The van der Waals surface area contributed by atoms with E-state index in [-0.39, 0.29) is 18.3 Å². The van der Waals surface area contributed by atoms with Crippen molar-refractivity contribution in [2.24, 2.45) is 0 Å². The Kier molecular flexibility index (Phi) is 6.19. The SMILES string of the molecule is CN(C)C(=O)COC(=O)/C=C/c1cn(-c2ccccc2)nc1-c1ccc(F)cc1. The van der Waals surface area contributed by atoms with Gasteiger partial charge in [0.15, 0.2) is 6.61 Å². The van der Waals surface area contributed by atoms with Crippen molar-refractivity contribution >= 4 is 18.0 Å². The topological polar surface area (TPSA) is 64.4 Å². The van der Waals surface area contributed by atoms with Gasteiger partial charge in [-0.05, 0) is 42.5 Å². The summed E-state index contributed by atoms with van der Waals surface area (Å²) in [5, 5.41) is 4.59. The molecule has 0 saturated carbocycles. The lowest BCUT2D eigenvalue weighted by atomic mass is 10.1. The Labute approximate surface area is 167 Å². The first-order chi connectivity index (χ1) is 13.9. The highest BCUT2D eigenvalue weighted by Gasteiger charge is 2.12. The van der Waals surface area contributed by atoms with Gasteiger partial charge in [0.1, 0.15) is 5.82 Å². The van der Waals surface area contributed by atoms with E-state index in [9.17, 15) is 14.0 Å². The third-order valence-corrected chi connectivity index (χ3v) is 4.12. The zero-order valence-electron chi connectivity index (χ0n) is 16.1. The van der Waals surface area contributed by atoms with Crippen molar-refractivity contribution < 1.29 is 18.7 Å². The highest BCUT2D eigenvalue weighted by molar-refractivity contribution is 5.90. The summed E-state index contributed by atoms with van der Waals surface area (Å²) in [7, 11) is 3.16. The standard InChI is InChI=1S/C22H20FN3O3/c1-25(2)20(27)15-29-21(28)13-10-17-14-26(19-6-4-3-5-7-19)24-22(17)16-8-11-18(23)12-9-16/h3-14H,15H2,1-2H3/b13-10+. The van der Waals surface area contributed by atoms with Crippen LogP contribution in [0.5, 0.6) is 0 Å². The lowest BCUT2D eigenvalue weighted by Gasteiger charge is -2.09. The summed E-state index contributed by atoms with van der Waals surface area (Å²) in [6.45, 7) is -0.329. The third-order valence-electron chi connectivity index (χ3n) is 4.12. The van der Waals surface area contributed by atoms with E-state index in [4.69, 9.17) is 4.74 Å². The second-order valence-corrected chi connectivity index (χ2v) is 6.45. The monoisotopic (exact) mass is 393 g/mol. The maximum atomic E-state index is 13.3. The Balaban J connectivity index is 1.88. The number of amides is 1. The number of carbonyl (C=O) groups excluding carboxylic acids is 2. The molecular formula is C22H20FN3O3. The quantitative estimate of drug-likeness (QED) is 0.476. The van der Waals surface area contributed by atoms with Gasteiger partial charge in [0.2, 0.25) is 0 Å². The van der Waals surface area contributed by atoms with Crippen LogP contribution in [0.1, 0.15) is 5.56 Å². The molecule has 0 aliphatic heterocycles. The number of hydrogen-bond acceptors (Lipinski definition) is 4. The van der Waals surface area contributed by atoms with E-state index >= 15 is 0 Å². The van der Waals surface area contributed by atoms with Crippen molar-refractivity contribution in [3.05, 3.63) is 78.3 Å². The van der Waals surface area contributed by atoms with Crippen LogP contribution in [0.4, 0.5) is 4.39 Å². The number of aromatic nitrogens is 2.